The normalized spacial score (nSPS) is 27.7. The van der Waals surface area contributed by atoms with Gasteiger partial charge in [0.25, 0.3) is 0 Å². The molecule has 308 valence electrons. The van der Waals surface area contributed by atoms with Crippen molar-refractivity contribution in [1.82, 2.24) is 14.6 Å². The summed E-state index contributed by atoms with van der Waals surface area (Å²) in [7, 11) is -2.34. The van der Waals surface area contributed by atoms with Crippen molar-refractivity contribution < 1.29 is 51.3 Å². The van der Waals surface area contributed by atoms with Gasteiger partial charge in [-0.3, -0.25) is 23.9 Å². The highest BCUT2D eigenvalue weighted by Gasteiger charge is 2.61. The second kappa shape index (κ2) is 17.0. The van der Waals surface area contributed by atoms with Gasteiger partial charge in [-0.05, 0) is 108 Å². The molecule has 1 saturated heterocycles. The first kappa shape index (κ1) is 41.8. The van der Waals surface area contributed by atoms with E-state index in [1.807, 2.05) is 30.4 Å². The molecule has 15 heteroatoms. The van der Waals surface area contributed by atoms with Gasteiger partial charge in [-0.1, -0.05) is 18.2 Å². The molecule has 4 aliphatic rings. The standard InChI is InChI=1S/C42H53N3O11S/c1-6-9-36(47)54-29-11-8-7-10-28-23-42(28,40(50)44-57(51,52)32-15-16-32)24-35(46)34-22-31(55-38-33-17-14-30(53-5)20-26(33)18-19-43-38)25-45(34)39(49)27(12-13-29)21-37(48)56-41(2,3)4/h6-7,9-10,14,17-20,27-29,31-32,34H,8,11-13,15-16,21-25H2,1-5H3,(H,44,50)/b9-6+,10-7-/t27-,28-,29?,31-,34+,42-/m1/s1. The van der Waals surface area contributed by atoms with Gasteiger partial charge in [0.2, 0.25) is 27.7 Å². The van der Waals surface area contributed by atoms with Gasteiger partial charge >= 0.3 is 11.9 Å². The van der Waals surface area contributed by atoms with E-state index in [0.29, 0.717) is 42.7 Å². The molecule has 57 heavy (non-hydrogen) atoms. The number of carbonyl (C=O) groups excluding carboxylic acids is 5. The molecule has 0 bridgehead atoms. The zero-order chi connectivity index (χ0) is 41.1. The molecule has 2 aliphatic carbocycles. The summed E-state index contributed by atoms with van der Waals surface area (Å²) < 4.78 is 51.4. The number of esters is 2. The van der Waals surface area contributed by atoms with Crippen LogP contribution in [0.25, 0.3) is 10.8 Å². The van der Waals surface area contributed by atoms with E-state index in [9.17, 15) is 32.4 Å². The van der Waals surface area contributed by atoms with Crippen molar-refractivity contribution in [3.05, 3.63) is 54.8 Å². The van der Waals surface area contributed by atoms with Crippen molar-refractivity contribution in [3.8, 4) is 11.6 Å². The minimum absolute atomic E-state index is 0.0213. The fourth-order valence-electron chi connectivity index (χ4n) is 7.85. The Morgan fingerprint density at radius 1 is 1.05 bits per heavy atom. The van der Waals surface area contributed by atoms with Crippen LogP contribution in [0.5, 0.6) is 11.6 Å². The summed E-state index contributed by atoms with van der Waals surface area (Å²) in [5, 5.41) is 0.863. The molecular weight excluding hydrogens is 755 g/mol. The Hall–Kier alpha value is -4.79. The van der Waals surface area contributed by atoms with Crippen LogP contribution in [-0.4, -0.2) is 90.6 Å². The lowest BCUT2D eigenvalue weighted by Gasteiger charge is -2.30. The Bertz CT molecular complexity index is 2050. The van der Waals surface area contributed by atoms with Gasteiger partial charge in [0.1, 0.15) is 23.6 Å². The maximum Gasteiger partial charge on any atom is 0.330 e. The highest BCUT2D eigenvalue weighted by molar-refractivity contribution is 7.90. The van der Waals surface area contributed by atoms with Crippen molar-refractivity contribution in [3.63, 3.8) is 0 Å². The van der Waals surface area contributed by atoms with Crippen LogP contribution >= 0.6 is 0 Å². The Kier molecular flexibility index (Phi) is 12.5. The lowest BCUT2D eigenvalue weighted by atomic mass is 9.90. The first-order chi connectivity index (χ1) is 27.0. The summed E-state index contributed by atoms with van der Waals surface area (Å²) in [6.45, 7) is 6.87. The number of hydrogen-bond acceptors (Lipinski definition) is 12. The summed E-state index contributed by atoms with van der Waals surface area (Å²) >= 11 is 0. The number of rotatable bonds is 10. The van der Waals surface area contributed by atoms with Gasteiger partial charge in [0.05, 0.1) is 36.8 Å². The minimum Gasteiger partial charge on any atom is -0.497 e. The summed E-state index contributed by atoms with van der Waals surface area (Å²) in [6.07, 6.45) is 8.73. The van der Waals surface area contributed by atoms with Crippen molar-refractivity contribution in [2.45, 2.75) is 121 Å². The van der Waals surface area contributed by atoms with Crippen molar-refractivity contribution >= 4 is 50.3 Å². The molecule has 1 aromatic heterocycles. The Labute approximate surface area is 333 Å². The second-order valence-electron chi connectivity index (χ2n) is 16.6. The van der Waals surface area contributed by atoms with Crippen LogP contribution in [0.3, 0.4) is 0 Å². The number of nitrogens with one attached hydrogen (secondary N) is 1. The second-order valence-corrected chi connectivity index (χ2v) is 18.6. The lowest BCUT2D eigenvalue weighted by Crippen LogP contribution is -2.46. The lowest BCUT2D eigenvalue weighted by molar-refractivity contribution is -0.159. The van der Waals surface area contributed by atoms with Crippen LogP contribution in [0.1, 0.15) is 91.9 Å². The van der Waals surface area contributed by atoms with Crippen molar-refractivity contribution in [2.24, 2.45) is 17.3 Å². The molecule has 3 fully saturated rings. The minimum atomic E-state index is -3.91. The highest BCUT2D eigenvalue weighted by atomic mass is 32.2. The van der Waals surface area contributed by atoms with Crippen molar-refractivity contribution in [1.29, 1.82) is 0 Å². The number of ether oxygens (including phenoxy) is 4. The van der Waals surface area contributed by atoms with Crippen LogP contribution in [0.4, 0.5) is 0 Å². The van der Waals surface area contributed by atoms with E-state index in [0.717, 1.165) is 5.39 Å². The Morgan fingerprint density at radius 2 is 1.82 bits per heavy atom. The number of fused-ring (bicyclic) bond motifs is 3. The molecule has 2 aliphatic heterocycles. The van der Waals surface area contributed by atoms with Crippen LogP contribution in [-0.2, 0) is 43.5 Å². The monoisotopic (exact) mass is 807 g/mol. The van der Waals surface area contributed by atoms with E-state index in [1.54, 1.807) is 53.1 Å². The number of benzene rings is 1. The van der Waals surface area contributed by atoms with E-state index < -0.39 is 85.9 Å². The molecule has 0 radical (unpaired) electrons. The number of amides is 2. The molecule has 3 heterocycles. The largest absolute Gasteiger partial charge is 0.497 e. The van der Waals surface area contributed by atoms with E-state index >= 15 is 0 Å². The van der Waals surface area contributed by atoms with Crippen LogP contribution in [0, 0.1) is 17.3 Å². The average Bonchev–Trinajstić information content (AvgIpc) is 4.07. The molecule has 6 rings (SSSR count). The van der Waals surface area contributed by atoms with Gasteiger partial charge < -0.3 is 23.8 Å². The third kappa shape index (κ3) is 10.2. The topological polar surface area (TPSA) is 185 Å². The molecule has 1 unspecified atom stereocenters. The van der Waals surface area contributed by atoms with Gasteiger partial charge in [-0.25, -0.2) is 18.2 Å². The number of pyridine rings is 1. The number of Topliss-reactive ketones (excluding diaryl/α,β-unsaturated/α-hetero) is 1. The van der Waals surface area contributed by atoms with E-state index in [4.69, 9.17) is 18.9 Å². The molecule has 6 atom stereocenters. The van der Waals surface area contributed by atoms with Crippen molar-refractivity contribution in [2.75, 3.05) is 13.7 Å². The number of nitrogens with zero attached hydrogens (tertiary/aromatic N) is 2. The first-order valence-electron chi connectivity index (χ1n) is 19.7. The van der Waals surface area contributed by atoms with Gasteiger partial charge in [-0.2, -0.15) is 0 Å². The van der Waals surface area contributed by atoms with E-state index in [2.05, 4.69) is 9.71 Å². The maximum atomic E-state index is 14.8. The molecule has 2 saturated carbocycles. The van der Waals surface area contributed by atoms with E-state index in [-0.39, 0.29) is 45.1 Å². The average molecular weight is 808 g/mol. The third-order valence-corrected chi connectivity index (χ3v) is 12.9. The predicted molar refractivity (Wildman–Crippen MR) is 209 cm³/mol. The Balaban J connectivity index is 1.35. The fraction of sp³-hybridized carbons (Fsp3) is 0.571. The van der Waals surface area contributed by atoms with Crippen LogP contribution in [0.2, 0.25) is 0 Å². The summed E-state index contributed by atoms with van der Waals surface area (Å²) in [6, 6.07) is 6.20. The number of sulfonamides is 1. The molecule has 1 aromatic carbocycles. The zero-order valence-corrected chi connectivity index (χ0v) is 34.0. The SMILES string of the molecule is C/C=C/C(=O)OC1CC/C=C\[C@@H]2C[C@@]2(C(=O)NS(=O)(=O)C2CC2)CC(=O)[C@@H]2C[C@@H](Oc3nccc4cc(OC)ccc34)CN2C(=O)[C@@H](CC(=O)OC(C)(C)C)CC1. The van der Waals surface area contributed by atoms with Gasteiger partial charge in [-0.15, -0.1) is 0 Å². The smallest absolute Gasteiger partial charge is 0.330 e. The fourth-order valence-corrected chi connectivity index (χ4v) is 9.24. The molecular formula is C42H53N3O11S. The third-order valence-electron chi connectivity index (χ3n) is 11.0. The number of methoxy groups -OCH3 is 1. The number of allylic oxidation sites excluding steroid dienone is 3. The molecule has 2 amide bonds. The van der Waals surface area contributed by atoms with Gasteiger partial charge in [0, 0.05) is 36.4 Å². The molecule has 0 spiro atoms. The summed E-state index contributed by atoms with van der Waals surface area (Å²) in [4.78, 5) is 75.1. The Morgan fingerprint density at radius 3 is 2.53 bits per heavy atom. The first-order valence-corrected chi connectivity index (χ1v) is 21.3. The van der Waals surface area contributed by atoms with E-state index in [1.165, 1.54) is 11.0 Å². The molecule has 2 aromatic rings. The van der Waals surface area contributed by atoms with Gasteiger partial charge in [0.15, 0.2) is 5.78 Å². The van der Waals surface area contributed by atoms with Crippen LogP contribution < -0.4 is 14.2 Å². The molecule has 14 nitrogen and oxygen atoms in total. The number of aromatic nitrogens is 1. The highest BCUT2D eigenvalue weighted by Crippen LogP contribution is 2.57. The number of ketones is 1. The predicted octanol–water partition coefficient (Wildman–Crippen LogP) is 5.13. The maximum absolute atomic E-state index is 14.8. The van der Waals surface area contributed by atoms with Crippen LogP contribution in [0.15, 0.2) is 54.8 Å². The number of carbonyl (C=O) groups is 5. The quantitative estimate of drug-likeness (QED) is 0.190. The zero-order valence-electron chi connectivity index (χ0n) is 33.2. The summed E-state index contributed by atoms with van der Waals surface area (Å²) in [5.41, 5.74) is -2.16. The summed E-state index contributed by atoms with van der Waals surface area (Å²) in [5.74, 6) is -3.20. The number of hydrogen-bond donors (Lipinski definition) is 1. The molecule has 1 N–H and O–H groups in total.